The first kappa shape index (κ1) is 19.6. The molecule has 4 rings (SSSR count). The van der Waals surface area contributed by atoms with Crippen LogP contribution in [0.2, 0.25) is 0 Å². The summed E-state index contributed by atoms with van der Waals surface area (Å²) in [5.41, 5.74) is 3.99. The molecule has 1 aliphatic carbocycles. The van der Waals surface area contributed by atoms with Crippen molar-refractivity contribution in [3.8, 4) is 5.75 Å². The van der Waals surface area contributed by atoms with Gasteiger partial charge in [0.2, 0.25) is 0 Å². The highest BCUT2D eigenvalue weighted by atomic mass is 19.1. The lowest BCUT2D eigenvalue weighted by atomic mass is 9.69. The second-order valence-corrected chi connectivity index (χ2v) is 8.08. The van der Waals surface area contributed by atoms with Crippen LogP contribution in [0.5, 0.6) is 5.75 Å². The molecule has 0 radical (unpaired) electrons. The molecular formula is C25H23F3O. The minimum Gasteiger partial charge on any atom is -0.503 e. The quantitative estimate of drug-likeness (QED) is 0.516. The molecule has 1 aliphatic rings. The Bertz CT molecular complexity index is 1020. The van der Waals surface area contributed by atoms with Crippen LogP contribution in [0.15, 0.2) is 54.6 Å². The first-order valence-corrected chi connectivity index (χ1v) is 9.92. The van der Waals surface area contributed by atoms with Crippen molar-refractivity contribution in [2.45, 2.75) is 44.4 Å². The van der Waals surface area contributed by atoms with E-state index >= 15 is 0 Å². The summed E-state index contributed by atoms with van der Waals surface area (Å²) in [6.07, 6.45) is 1.01. The molecule has 29 heavy (non-hydrogen) atoms. The van der Waals surface area contributed by atoms with Crippen molar-refractivity contribution in [1.29, 1.82) is 0 Å². The normalized spacial score (nSPS) is 18.7. The molecule has 0 aliphatic heterocycles. The molecule has 1 N–H and O–H groups in total. The largest absolute Gasteiger partial charge is 0.503 e. The fourth-order valence-electron chi connectivity index (χ4n) is 4.45. The third-order valence-electron chi connectivity index (χ3n) is 6.03. The van der Waals surface area contributed by atoms with Gasteiger partial charge in [0.05, 0.1) is 0 Å². The SMILES string of the molecule is CC(C)c1ccc([C@@H]2c3cc(F)c(O)c(F)c3CC[C@@H]2c2ccc(F)cc2)cc1. The Morgan fingerprint density at radius 2 is 1.52 bits per heavy atom. The zero-order valence-corrected chi connectivity index (χ0v) is 16.4. The van der Waals surface area contributed by atoms with E-state index in [1.165, 1.54) is 23.8 Å². The van der Waals surface area contributed by atoms with E-state index in [4.69, 9.17) is 0 Å². The molecule has 0 amide bonds. The molecule has 0 saturated heterocycles. The molecule has 150 valence electrons. The van der Waals surface area contributed by atoms with Crippen molar-refractivity contribution in [2.24, 2.45) is 0 Å². The van der Waals surface area contributed by atoms with Crippen molar-refractivity contribution in [3.05, 3.63) is 99.9 Å². The molecule has 0 aromatic heterocycles. The van der Waals surface area contributed by atoms with Gasteiger partial charge in [0.15, 0.2) is 17.4 Å². The van der Waals surface area contributed by atoms with Crippen molar-refractivity contribution >= 4 is 0 Å². The van der Waals surface area contributed by atoms with E-state index in [1.54, 1.807) is 12.1 Å². The molecule has 0 unspecified atom stereocenters. The van der Waals surface area contributed by atoms with Gasteiger partial charge in [-0.15, -0.1) is 0 Å². The number of benzene rings is 3. The van der Waals surface area contributed by atoms with Gasteiger partial charge in [-0.05, 0) is 70.7 Å². The van der Waals surface area contributed by atoms with E-state index in [-0.39, 0.29) is 17.7 Å². The van der Waals surface area contributed by atoms with Crippen molar-refractivity contribution in [2.75, 3.05) is 0 Å². The highest BCUT2D eigenvalue weighted by Gasteiger charge is 2.35. The van der Waals surface area contributed by atoms with E-state index in [1.807, 2.05) is 24.3 Å². The summed E-state index contributed by atoms with van der Waals surface area (Å²) in [5, 5.41) is 9.74. The molecule has 0 fully saturated rings. The molecule has 0 bridgehead atoms. The number of aromatic hydroxyl groups is 1. The van der Waals surface area contributed by atoms with Crippen LogP contribution < -0.4 is 0 Å². The summed E-state index contributed by atoms with van der Waals surface area (Å²) in [7, 11) is 0. The summed E-state index contributed by atoms with van der Waals surface area (Å²) < 4.78 is 42.4. The zero-order chi connectivity index (χ0) is 20.7. The maximum atomic E-state index is 14.6. The average Bonchev–Trinajstić information content (AvgIpc) is 2.72. The number of phenols is 1. The highest BCUT2D eigenvalue weighted by Crippen LogP contribution is 2.48. The lowest BCUT2D eigenvalue weighted by Crippen LogP contribution is -2.22. The predicted molar refractivity (Wildman–Crippen MR) is 108 cm³/mol. The lowest BCUT2D eigenvalue weighted by molar-refractivity contribution is 0.384. The smallest absolute Gasteiger partial charge is 0.188 e. The van der Waals surface area contributed by atoms with Gasteiger partial charge in [-0.1, -0.05) is 50.2 Å². The first-order valence-electron chi connectivity index (χ1n) is 9.92. The van der Waals surface area contributed by atoms with E-state index in [0.29, 0.717) is 29.9 Å². The van der Waals surface area contributed by atoms with Gasteiger partial charge in [-0.2, -0.15) is 0 Å². The molecule has 3 aromatic rings. The summed E-state index contributed by atoms with van der Waals surface area (Å²) >= 11 is 0. The van der Waals surface area contributed by atoms with E-state index in [9.17, 15) is 18.3 Å². The molecule has 2 atom stereocenters. The fourth-order valence-corrected chi connectivity index (χ4v) is 4.45. The third kappa shape index (κ3) is 3.52. The summed E-state index contributed by atoms with van der Waals surface area (Å²) in [6, 6.07) is 15.7. The number of hydrogen-bond acceptors (Lipinski definition) is 1. The summed E-state index contributed by atoms with van der Waals surface area (Å²) in [4.78, 5) is 0. The van der Waals surface area contributed by atoms with Gasteiger partial charge in [-0.25, -0.2) is 13.2 Å². The highest BCUT2D eigenvalue weighted by molar-refractivity contribution is 5.49. The number of halogens is 3. The monoisotopic (exact) mass is 396 g/mol. The van der Waals surface area contributed by atoms with Gasteiger partial charge in [0, 0.05) is 5.92 Å². The van der Waals surface area contributed by atoms with Crippen LogP contribution in [0.25, 0.3) is 0 Å². The fraction of sp³-hybridized carbons (Fsp3) is 0.280. The molecule has 3 aromatic carbocycles. The third-order valence-corrected chi connectivity index (χ3v) is 6.03. The summed E-state index contributed by atoms with van der Waals surface area (Å²) in [5.74, 6) is -3.01. The minimum absolute atomic E-state index is 0.0451. The van der Waals surface area contributed by atoms with Gasteiger partial charge < -0.3 is 5.11 Å². The maximum Gasteiger partial charge on any atom is 0.188 e. The Kier molecular flexibility index (Phi) is 5.12. The van der Waals surface area contributed by atoms with Gasteiger partial charge >= 0.3 is 0 Å². The maximum absolute atomic E-state index is 14.6. The van der Waals surface area contributed by atoms with Crippen LogP contribution in [0.1, 0.15) is 65.8 Å². The molecule has 1 nitrogen and oxygen atoms in total. The Morgan fingerprint density at radius 1 is 0.897 bits per heavy atom. The second-order valence-electron chi connectivity index (χ2n) is 8.08. The van der Waals surface area contributed by atoms with Crippen LogP contribution in [0.4, 0.5) is 13.2 Å². The van der Waals surface area contributed by atoms with Gasteiger partial charge in [0.1, 0.15) is 5.82 Å². The standard InChI is InChI=1S/C25H23F3O/c1-14(2)15-3-5-17(6-4-15)23-19(16-7-9-18(26)10-8-16)11-12-20-21(23)13-22(27)25(29)24(20)28/h3-10,13-14,19,23,29H,11-12H2,1-2H3/t19-,23+/m1/s1. The van der Waals surface area contributed by atoms with Crippen LogP contribution in [-0.2, 0) is 6.42 Å². The molecular weight excluding hydrogens is 373 g/mol. The molecule has 4 heteroatoms. The Hall–Kier alpha value is -2.75. The van der Waals surface area contributed by atoms with E-state index in [2.05, 4.69) is 13.8 Å². The van der Waals surface area contributed by atoms with Crippen molar-refractivity contribution in [1.82, 2.24) is 0 Å². The van der Waals surface area contributed by atoms with Gasteiger partial charge in [-0.3, -0.25) is 0 Å². The minimum atomic E-state index is -0.954. The Labute approximate surface area is 168 Å². The van der Waals surface area contributed by atoms with Crippen LogP contribution >= 0.6 is 0 Å². The van der Waals surface area contributed by atoms with E-state index < -0.39 is 17.4 Å². The molecule has 0 spiro atoms. The van der Waals surface area contributed by atoms with Crippen LogP contribution in [0, 0.1) is 17.5 Å². The number of phenolic OH excluding ortho intramolecular Hbond substituents is 1. The van der Waals surface area contributed by atoms with Crippen LogP contribution in [-0.4, -0.2) is 5.11 Å². The van der Waals surface area contributed by atoms with Crippen molar-refractivity contribution < 1.29 is 18.3 Å². The second kappa shape index (κ2) is 7.58. The van der Waals surface area contributed by atoms with Crippen molar-refractivity contribution in [3.63, 3.8) is 0 Å². The molecule has 0 heterocycles. The number of hydrogen-bond donors (Lipinski definition) is 1. The zero-order valence-electron chi connectivity index (χ0n) is 16.4. The number of fused-ring (bicyclic) bond motifs is 1. The Balaban J connectivity index is 1.88. The topological polar surface area (TPSA) is 20.2 Å². The van der Waals surface area contributed by atoms with Gasteiger partial charge in [0.25, 0.3) is 0 Å². The van der Waals surface area contributed by atoms with E-state index in [0.717, 1.165) is 11.1 Å². The average molecular weight is 396 g/mol. The lowest BCUT2D eigenvalue weighted by Gasteiger charge is -2.35. The molecule has 0 saturated carbocycles. The predicted octanol–water partition coefficient (Wildman–Crippen LogP) is 6.79. The van der Waals surface area contributed by atoms with Crippen LogP contribution in [0.3, 0.4) is 0 Å². The first-order chi connectivity index (χ1) is 13.9. The number of rotatable bonds is 3. The summed E-state index contributed by atoms with van der Waals surface area (Å²) in [6.45, 7) is 4.22. The Morgan fingerprint density at radius 3 is 2.14 bits per heavy atom.